The van der Waals surface area contributed by atoms with Crippen LogP contribution in [-0.2, 0) is 0 Å². The summed E-state index contributed by atoms with van der Waals surface area (Å²) < 4.78 is 0. The molecule has 0 radical (unpaired) electrons. The van der Waals surface area contributed by atoms with Crippen LogP contribution in [0.15, 0.2) is 0 Å². The van der Waals surface area contributed by atoms with Gasteiger partial charge in [0.15, 0.2) is 0 Å². The van der Waals surface area contributed by atoms with Gasteiger partial charge in [-0.25, -0.2) is 5.01 Å². The zero-order valence-electron chi connectivity index (χ0n) is 8.93. The number of nitrogens with zero attached hydrogens (tertiary/aromatic N) is 1. The Morgan fingerprint density at radius 3 is 2.31 bits per heavy atom. The van der Waals surface area contributed by atoms with Gasteiger partial charge in [-0.2, -0.15) is 0 Å². The first-order valence-electron chi connectivity index (χ1n) is 5.60. The summed E-state index contributed by atoms with van der Waals surface area (Å²) in [4.78, 5) is 0. The molecule has 1 aliphatic heterocycles. The van der Waals surface area contributed by atoms with E-state index in [1.54, 1.807) is 0 Å². The maximum Gasteiger partial charge on any atom is 0.0321 e. The molecule has 2 nitrogen and oxygen atoms in total. The highest BCUT2D eigenvalue weighted by Gasteiger charge is 2.66. The summed E-state index contributed by atoms with van der Waals surface area (Å²) in [7, 11) is 0. The fourth-order valence-corrected chi connectivity index (χ4v) is 3.46. The quantitative estimate of drug-likeness (QED) is 0.612. The molecule has 2 heteroatoms. The van der Waals surface area contributed by atoms with Crippen LogP contribution in [0.3, 0.4) is 0 Å². The van der Waals surface area contributed by atoms with Crippen molar-refractivity contribution >= 4 is 0 Å². The Bertz CT molecular complexity index is 237. The average molecular weight is 180 g/mol. The molecule has 2 saturated carbocycles. The lowest BCUT2D eigenvalue weighted by Gasteiger charge is -2.39. The van der Waals surface area contributed by atoms with Crippen LogP contribution in [-0.4, -0.2) is 22.6 Å². The van der Waals surface area contributed by atoms with Gasteiger partial charge in [-0.05, 0) is 46.5 Å². The topological polar surface area (TPSA) is 15.3 Å². The van der Waals surface area contributed by atoms with Gasteiger partial charge in [0.05, 0.1) is 0 Å². The van der Waals surface area contributed by atoms with E-state index < -0.39 is 0 Å². The minimum absolute atomic E-state index is 0.301. The molecule has 0 aromatic carbocycles. The lowest BCUT2D eigenvalue weighted by molar-refractivity contribution is 0.0366. The summed E-state index contributed by atoms with van der Waals surface area (Å²) in [6.45, 7) is 6.95. The second kappa shape index (κ2) is 2.12. The molecular weight excluding hydrogens is 160 g/mol. The number of rotatable bonds is 0. The molecule has 13 heavy (non-hydrogen) atoms. The van der Waals surface area contributed by atoms with E-state index in [-0.39, 0.29) is 0 Å². The summed E-state index contributed by atoms with van der Waals surface area (Å²) in [6.07, 6.45) is 5.79. The number of hydrazine groups is 1. The molecule has 2 atom stereocenters. The Kier molecular flexibility index (Phi) is 1.34. The smallest absolute Gasteiger partial charge is 0.0321 e. The highest BCUT2D eigenvalue weighted by molar-refractivity contribution is 5.18. The van der Waals surface area contributed by atoms with Crippen LogP contribution >= 0.6 is 0 Å². The summed E-state index contributed by atoms with van der Waals surface area (Å²) >= 11 is 0. The van der Waals surface area contributed by atoms with E-state index in [2.05, 4.69) is 31.2 Å². The Labute approximate surface area is 80.7 Å². The van der Waals surface area contributed by atoms with Gasteiger partial charge in [0.1, 0.15) is 0 Å². The summed E-state index contributed by atoms with van der Waals surface area (Å²) in [5.74, 6) is 0. The van der Waals surface area contributed by atoms with Gasteiger partial charge in [-0.1, -0.05) is 0 Å². The Morgan fingerprint density at radius 1 is 1.23 bits per heavy atom. The van der Waals surface area contributed by atoms with Gasteiger partial charge in [0.25, 0.3) is 0 Å². The molecule has 1 heterocycles. The first kappa shape index (κ1) is 8.25. The molecule has 2 aliphatic carbocycles. The lowest BCUT2D eigenvalue weighted by atomic mass is 9.97. The number of hydrogen-bond acceptors (Lipinski definition) is 2. The second-order valence-electron chi connectivity index (χ2n) is 6.05. The molecule has 1 spiro atoms. The van der Waals surface area contributed by atoms with E-state index in [9.17, 15) is 0 Å². The van der Waals surface area contributed by atoms with Crippen molar-refractivity contribution in [1.29, 1.82) is 0 Å². The van der Waals surface area contributed by atoms with Crippen molar-refractivity contribution in [2.75, 3.05) is 0 Å². The van der Waals surface area contributed by atoms with Crippen LogP contribution in [0.1, 0.15) is 46.5 Å². The van der Waals surface area contributed by atoms with Crippen LogP contribution in [0.25, 0.3) is 0 Å². The largest absolute Gasteiger partial charge is 0.251 e. The van der Waals surface area contributed by atoms with Crippen molar-refractivity contribution in [2.45, 2.75) is 64.1 Å². The normalized spacial score (nSPS) is 41.8. The zero-order chi connectivity index (χ0) is 9.27. The predicted molar refractivity (Wildman–Crippen MR) is 53.2 cm³/mol. The van der Waals surface area contributed by atoms with Crippen molar-refractivity contribution in [1.82, 2.24) is 10.4 Å². The van der Waals surface area contributed by atoms with E-state index in [0.717, 1.165) is 12.1 Å². The molecule has 3 aliphatic rings. The molecule has 0 aromatic heterocycles. The van der Waals surface area contributed by atoms with Crippen LogP contribution in [0.4, 0.5) is 0 Å². The molecule has 2 bridgehead atoms. The fraction of sp³-hybridized carbons (Fsp3) is 1.00. The molecular formula is C11H20N2. The lowest BCUT2D eigenvalue weighted by Crippen LogP contribution is -2.53. The Morgan fingerprint density at radius 2 is 1.92 bits per heavy atom. The maximum atomic E-state index is 3.72. The zero-order valence-corrected chi connectivity index (χ0v) is 8.93. The van der Waals surface area contributed by atoms with Crippen LogP contribution in [0.2, 0.25) is 0 Å². The van der Waals surface area contributed by atoms with Crippen molar-refractivity contribution in [3.63, 3.8) is 0 Å². The number of nitrogens with one attached hydrogen (secondary N) is 1. The standard InChI is InChI=1S/C11H20N2/c1-10(2,3)13-9-5-4-8(12-13)11(9)6-7-11/h8-9,12H,4-7H2,1-3H3. The molecule has 1 N–H and O–H groups in total. The van der Waals surface area contributed by atoms with E-state index in [1.165, 1.54) is 25.7 Å². The van der Waals surface area contributed by atoms with Gasteiger partial charge in [-0.3, -0.25) is 5.43 Å². The van der Waals surface area contributed by atoms with Crippen molar-refractivity contribution in [2.24, 2.45) is 5.41 Å². The van der Waals surface area contributed by atoms with E-state index >= 15 is 0 Å². The molecule has 3 rings (SSSR count). The summed E-state index contributed by atoms with van der Waals surface area (Å²) in [5.41, 5.74) is 4.73. The molecule has 0 aromatic rings. The molecule has 0 amide bonds. The minimum Gasteiger partial charge on any atom is -0.251 e. The molecule has 2 unspecified atom stereocenters. The second-order valence-corrected chi connectivity index (χ2v) is 6.05. The van der Waals surface area contributed by atoms with E-state index in [0.29, 0.717) is 11.0 Å². The molecule has 3 fully saturated rings. The van der Waals surface area contributed by atoms with Crippen LogP contribution < -0.4 is 5.43 Å². The van der Waals surface area contributed by atoms with Gasteiger partial charge in [0.2, 0.25) is 0 Å². The molecule has 74 valence electrons. The monoisotopic (exact) mass is 180 g/mol. The minimum atomic E-state index is 0.301. The van der Waals surface area contributed by atoms with Crippen LogP contribution in [0, 0.1) is 5.41 Å². The third-order valence-corrected chi connectivity index (χ3v) is 4.24. The van der Waals surface area contributed by atoms with Crippen LogP contribution in [0.5, 0.6) is 0 Å². The molecule has 1 saturated heterocycles. The maximum absolute atomic E-state index is 3.72. The van der Waals surface area contributed by atoms with Crippen molar-refractivity contribution in [3.05, 3.63) is 0 Å². The van der Waals surface area contributed by atoms with Gasteiger partial charge >= 0.3 is 0 Å². The third kappa shape index (κ3) is 0.909. The van der Waals surface area contributed by atoms with E-state index in [1.807, 2.05) is 0 Å². The van der Waals surface area contributed by atoms with Crippen molar-refractivity contribution < 1.29 is 0 Å². The van der Waals surface area contributed by atoms with Gasteiger partial charge in [0, 0.05) is 23.0 Å². The van der Waals surface area contributed by atoms with Crippen molar-refractivity contribution in [3.8, 4) is 0 Å². The first-order chi connectivity index (χ1) is 6.04. The average Bonchev–Trinajstić information content (AvgIpc) is 2.67. The summed E-state index contributed by atoms with van der Waals surface area (Å²) in [6, 6.07) is 1.66. The highest BCUT2D eigenvalue weighted by Crippen LogP contribution is 2.63. The Balaban J connectivity index is 1.89. The Hall–Kier alpha value is -0.0800. The first-order valence-corrected chi connectivity index (χ1v) is 5.60. The highest BCUT2D eigenvalue weighted by atomic mass is 15.6. The van der Waals surface area contributed by atoms with Gasteiger partial charge in [-0.15, -0.1) is 0 Å². The fourth-order valence-electron chi connectivity index (χ4n) is 3.46. The third-order valence-electron chi connectivity index (χ3n) is 4.24. The SMILES string of the molecule is CC(C)(C)N1NC2CCC1C21CC1. The number of hydrogen-bond donors (Lipinski definition) is 1. The summed E-state index contributed by atoms with van der Waals surface area (Å²) in [5, 5.41) is 2.54. The van der Waals surface area contributed by atoms with E-state index in [4.69, 9.17) is 0 Å². The predicted octanol–water partition coefficient (Wildman–Crippen LogP) is 1.92. The van der Waals surface area contributed by atoms with Gasteiger partial charge < -0.3 is 0 Å².